The molecule has 4 N–H and O–H groups in total. The van der Waals surface area contributed by atoms with Crippen molar-refractivity contribution in [1.82, 2.24) is 15.3 Å². The summed E-state index contributed by atoms with van der Waals surface area (Å²) in [5, 5.41) is 12.5. The van der Waals surface area contributed by atoms with Gasteiger partial charge in [-0.3, -0.25) is 4.79 Å². The summed E-state index contributed by atoms with van der Waals surface area (Å²) < 4.78 is 5.19. The maximum atomic E-state index is 12.6. The lowest BCUT2D eigenvalue weighted by molar-refractivity contribution is 0.0493. The van der Waals surface area contributed by atoms with Gasteiger partial charge in [0.15, 0.2) is 5.78 Å². The van der Waals surface area contributed by atoms with Crippen LogP contribution in [0.25, 0.3) is 11.3 Å². The Kier molecular flexibility index (Phi) is 9.24. The van der Waals surface area contributed by atoms with Crippen molar-refractivity contribution >= 4 is 17.7 Å². The van der Waals surface area contributed by atoms with E-state index >= 15 is 0 Å². The second-order valence-corrected chi connectivity index (χ2v) is 10.1. The molecule has 0 bridgehead atoms. The molecule has 1 aromatic carbocycles. The lowest BCUT2D eigenvalue weighted by Crippen LogP contribution is -2.39. The second-order valence-electron chi connectivity index (χ2n) is 10.1. The summed E-state index contributed by atoms with van der Waals surface area (Å²) in [4.78, 5) is 32.2. The molecule has 1 fully saturated rings. The molecule has 2 aliphatic rings. The molecule has 2 aromatic rings. The van der Waals surface area contributed by atoms with E-state index < -0.39 is 11.0 Å². The molecule has 4 rings (SSSR count). The van der Waals surface area contributed by atoms with Crippen LogP contribution >= 0.6 is 0 Å². The molecule has 1 amide bonds. The van der Waals surface area contributed by atoms with Crippen molar-refractivity contribution in [3.63, 3.8) is 0 Å². The van der Waals surface area contributed by atoms with Gasteiger partial charge in [-0.05, 0) is 65.7 Å². The molecule has 8 nitrogen and oxygen atoms in total. The number of hydrogen-bond acceptors (Lipinski definition) is 7. The fraction of sp³-hybridized carbons (Fsp3) is 0.556. The van der Waals surface area contributed by atoms with Crippen LogP contribution < -0.4 is 11.1 Å². The number of carbonyl (C=O) groups excluding carboxylic acids is 2. The fourth-order valence-corrected chi connectivity index (χ4v) is 4.32. The Morgan fingerprint density at radius 1 is 1.11 bits per heavy atom. The van der Waals surface area contributed by atoms with E-state index in [4.69, 9.17) is 10.5 Å². The lowest BCUT2D eigenvalue weighted by atomic mass is 9.71. The lowest BCUT2D eigenvalue weighted by Gasteiger charge is -2.32. The molecule has 2 aliphatic carbocycles. The van der Waals surface area contributed by atoms with Gasteiger partial charge in [0, 0.05) is 22.7 Å². The third kappa shape index (κ3) is 6.93. The summed E-state index contributed by atoms with van der Waals surface area (Å²) in [6.45, 7) is 13.2. The number of phenols is 1. The largest absolute Gasteiger partial charge is 0.508 e. The van der Waals surface area contributed by atoms with Crippen LogP contribution in [-0.2, 0) is 10.2 Å². The molecule has 1 saturated carbocycles. The normalized spacial score (nSPS) is 16.4. The van der Waals surface area contributed by atoms with Crippen LogP contribution in [0.15, 0.2) is 24.5 Å². The summed E-state index contributed by atoms with van der Waals surface area (Å²) in [7, 11) is 0. The van der Waals surface area contributed by atoms with E-state index in [1.54, 1.807) is 19.9 Å². The number of ether oxygens (including phenoxy) is 1. The quantitative estimate of drug-likeness (QED) is 0.468. The van der Waals surface area contributed by atoms with E-state index in [-0.39, 0.29) is 17.6 Å². The van der Waals surface area contributed by atoms with Gasteiger partial charge in [-0.25, -0.2) is 14.8 Å². The topological polar surface area (TPSA) is 127 Å². The first-order chi connectivity index (χ1) is 16.4. The average Bonchev–Trinajstić information content (AvgIpc) is 2.78. The molecule has 0 spiro atoms. The number of alkyl carbamates (subject to hydrolysis) is 1. The Balaban J connectivity index is 0.000000241. The van der Waals surface area contributed by atoms with Crippen molar-refractivity contribution in [2.24, 2.45) is 0 Å². The zero-order valence-electron chi connectivity index (χ0n) is 22.1. The second kappa shape index (κ2) is 11.5. The predicted molar refractivity (Wildman–Crippen MR) is 138 cm³/mol. The first-order valence-electron chi connectivity index (χ1n) is 12.4. The highest BCUT2D eigenvalue weighted by molar-refractivity contribution is 6.12. The van der Waals surface area contributed by atoms with Crippen LogP contribution in [0.3, 0.4) is 0 Å². The third-order valence-electron chi connectivity index (χ3n) is 5.90. The van der Waals surface area contributed by atoms with Gasteiger partial charge in [0.05, 0.1) is 11.1 Å². The number of phenolic OH excluding ortho intramolecular Hbond substituents is 1. The van der Waals surface area contributed by atoms with E-state index in [2.05, 4.69) is 15.3 Å². The molecule has 1 aromatic heterocycles. The molecule has 8 heteroatoms. The van der Waals surface area contributed by atoms with E-state index in [1.165, 1.54) is 37.7 Å². The van der Waals surface area contributed by atoms with Crippen molar-refractivity contribution < 1.29 is 19.4 Å². The zero-order valence-corrected chi connectivity index (χ0v) is 22.1. The fourth-order valence-electron chi connectivity index (χ4n) is 4.32. The number of amides is 1. The maximum absolute atomic E-state index is 12.6. The number of nitrogens with two attached hydrogens (primary N) is 1. The van der Waals surface area contributed by atoms with E-state index in [0.29, 0.717) is 34.2 Å². The predicted octanol–water partition coefficient (Wildman–Crippen LogP) is 5.78. The van der Waals surface area contributed by atoms with Gasteiger partial charge in [0.2, 0.25) is 0 Å². The van der Waals surface area contributed by atoms with Crippen molar-refractivity contribution in [2.75, 3.05) is 5.73 Å². The first kappa shape index (κ1) is 28.1. The number of ketones is 1. The van der Waals surface area contributed by atoms with E-state index in [0.717, 1.165) is 12.8 Å². The molecule has 0 saturated heterocycles. The molecule has 192 valence electrons. The van der Waals surface area contributed by atoms with Gasteiger partial charge in [-0.15, -0.1) is 0 Å². The number of anilines is 1. The van der Waals surface area contributed by atoms with Crippen molar-refractivity contribution in [3.8, 4) is 17.0 Å². The van der Waals surface area contributed by atoms with Gasteiger partial charge >= 0.3 is 6.09 Å². The standard InChI is InChI=1S/C14H13N3O2.C11H21NO2.C2H6/c1-14(2)10-11(16-6-17-13(10)15)8-4-3-7(18)5-9(8)12(14)19;1-11(2,3)14-10(13)12-9-7-5-4-6-8-9;1-2/h3-6,18H,1-2H3,(H2,15,16,17);9H,4-8H2,1-3H3,(H,12,13);1-2H3. The van der Waals surface area contributed by atoms with Gasteiger partial charge in [0.25, 0.3) is 0 Å². The number of hydrogen-bond donors (Lipinski definition) is 3. The number of aromatic nitrogens is 2. The van der Waals surface area contributed by atoms with Crippen LogP contribution in [-0.4, -0.2) is 38.6 Å². The first-order valence-corrected chi connectivity index (χ1v) is 12.4. The van der Waals surface area contributed by atoms with Crippen molar-refractivity contribution in [2.45, 2.75) is 97.6 Å². The van der Waals surface area contributed by atoms with Crippen LogP contribution in [0.5, 0.6) is 5.75 Å². The number of fused-ring (bicyclic) bond motifs is 3. The SMILES string of the molecule is CC.CC(C)(C)OC(=O)NC1CCCCC1.CC1(C)C(=O)c2cc(O)ccc2-c2ncnc(N)c21. The highest BCUT2D eigenvalue weighted by Gasteiger charge is 2.41. The number of nitrogens with zero attached hydrogens (tertiary/aromatic N) is 2. The minimum Gasteiger partial charge on any atom is -0.508 e. The Bertz CT molecular complexity index is 1040. The van der Waals surface area contributed by atoms with Gasteiger partial charge < -0.3 is 20.9 Å². The zero-order chi connectivity index (χ0) is 26.4. The summed E-state index contributed by atoms with van der Waals surface area (Å²) in [6, 6.07) is 5.02. The summed E-state index contributed by atoms with van der Waals surface area (Å²) in [5.74, 6) is 0.294. The van der Waals surface area contributed by atoms with E-state index in [9.17, 15) is 14.7 Å². The smallest absolute Gasteiger partial charge is 0.407 e. The molecular weight excluding hydrogens is 444 g/mol. The highest BCUT2D eigenvalue weighted by Crippen LogP contribution is 2.44. The van der Waals surface area contributed by atoms with Crippen LogP contribution in [0.4, 0.5) is 10.6 Å². The van der Waals surface area contributed by atoms with Crippen LogP contribution in [0.2, 0.25) is 0 Å². The minimum atomic E-state index is -0.804. The number of nitrogen functional groups attached to an aromatic ring is 1. The number of carbonyl (C=O) groups is 2. The molecule has 35 heavy (non-hydrogen) atoms. The average molecular weight is 485 g/mol. The number of benzene rings is 1. The number of Topliss-reactive ketones (excluding diaryl/α,β-unsaturated/α-hetero) is 1. The Morgan fingerprint density at radius 3 is 2.34 bits per heavy atom. The van der Waals surface area contributed by atoms with Crippen molar-refractivity contribution in [3.05, 3.63) is 35.7 Å². The highest BCUT2D eigenvalue weighted by atomic mass is 16.6. The number of aromatic hydroxyl groups is 1. The summed E-state index contributed by atoms with van der Waals surface area (Å²) in [6.07, 6.45) is 7.05. The maximum Gasteiger partial charge on any atom is 0.407 e. The van der Waals surface area contributed by atoms with Gasteiger partial charge in [0.1, 0.15) is 23.5 Å². The number of nitrogens with one attached hydrogen (secondary N) is 1. The van der Waals surface area contributed by atoms with Crippen molar-refractivity contribution in [1.29, 1.82) is 0 Å². The molecule has 1 heterocycles. The van der Waals surface area contributed by atoms with Gasteiger partial charge in [-0.1, -0.05) is 33.1 Å². The minimum absolute atomic E-state index is 0.0633. The summed E-state index contributed by atoms with van der Waals surface area (Å²) >= 11 is 0. The molecule has 0 atom stereocenters. The molecule has 0 unspecified atom stereocenters. The molecule has 0 aliphatic heterocycles. The Hall–Kier alpha value is -3.16. The molecule has 0 radical (unpaired) electrons. The monoisotopic (exact) mass is 484 g/mol. The third-order valence-corrected chi connectivity index (χ3v) is 5.90. The number of rotatable bonds is 1. The van der Waals surface area contributed by atoms with E-state index in [1.807, 2.05) is 34.6 Å². The van der Waals surface area contributed by atoms with Crippen LogP contribution in [0, 0.1) is 0 Å². The Labute approximate surface area is 208 Å². The molecular formula is C27H40N4O4. The van der Waals surface area contributed by atoms with Crippen LogP contribution in [0.1, 0.15) is 96.5 Å². The van der Waals surface area contributed by atoms with Gasteiger partial charge in [-0.2, -0.15) is 0 Å². The summed E-state index contributed by atoms with van der Waals surface area (Å²) in [5.41, 5.74) is 7.18. The Morgan fingerprint density at radius 2 is 1.74 bits per heavy atom.